The molecule has 110 valence electrons. The molecule has 0 aromatic heterocycles. The molecular formula is C14H19NO5. The summed E-state index contributed by atoms with van der Waals surface area (Å²) in [5.74, 6) is 0.992. The van der Waals surface area contributed by atoms with Gasteiger partial charge in [-0.15, -0.1) is 0 Å². The Bertz CT molecular complexity index is 501. The van der Waals surface area contributed by atoms with Gasteiger partial charge < -0.3 is 19.3 Å². The fourth-order valence-electron chi connectivity index (χ4n) is 2.05. The monoisotopic (exact) mass is 281 g/mol. The van der Waals surface area contributed by atoms with Crippen molar-refractivity contribution in [3.8, 4) is 17.2 Å². The number of benzene rings is 1. The predicted octanol–water partition coefficient (Wildman–Crippen LogP) is 1.41. The zero-order chi connectivity index (χ0) is 14.7. The van der Waals surface area contributed by atoms with Crippen LogP contribution in [0.4, 0.5) is 0 Å². The minimum Gasteiger partial charge on any atom is -0.507 e. The van der Waals surface area contributed by atoms with Gasteiger partial charge in [0.1, 0.15) is 11.8 Å². The predicted molar refractivity (Wildman–Crippen MR) is 71.7 cm³/mol. The maximum Gasteiger partial charge on any atom is 0.323 e. The second-order valence-corrected chi connectivity index (χ2v) is 4.96. The smallest absolute Gasteiger partial charge is 0.323 e. The van der Waals surface area contributed by atoms with Crippen LogP contribution in [0.15, 0.2) is 12.1 Å². The van der Waals surface area contributed by atoms with Gasteiger partial charge >= 0.3 is 5.97 Å². The second-order valence-electron chi connectivity index (χ2n) is 4.96. The van der Waals surface area contributed by atoms with Crippen molar-refractivity contribution in [2.24, 2.45) is 5.92 Å². The molecule has 0 bridgehead atoms. The molecule has 1 aliphatic heterocycles. The Labute approximate surface area is 117 Å². The van der Waals surface area contributed by atoms with Crippen molar-refractivity contribution in [2.45, 2.75) is 26.4 Å². The van der Waals surface area contributed by atoms with Gasteiger partial charge in [-0.1, -0.05) is 13.8 Å². The Hall–Kier alpha value is -1.95. The fraction of sp³-hybridized carbons (Fsp3) is 0.500. The van der Waals surface area contributed by atoms with Gasteiger partial charge in [-0.3, -0.25) is 10.1 Å². The van der Waals surface area contributed by atoms with Gasteiger partial charge in [-0.05, 0) is 12.0 Å². The summed E-state index contributed by atoms with van der Waals surface area (Å²) >= 11 is 0. The lowest BCUT2D eigenvalue weighted by Gasteiger charge is -2.20. The molecular weight excluding hydrogens is 262 g/mol. The number of phenolic OH excluding ortho intramolecular Hbond substituents is 1. The van der Waals surface area contributed by atoms with Gasteiger partial charge in [0.2, 0.25) is 6.79 Å². The van der Waals surface area contributed by atoms with E-state index in [1.54, 1.807) is 6.07 Å². The first-order chi connectivity index (χ1) is 9.52. The number of esters is 1. The van der Waals surface area contributed by atoms with Gasteiger partial charge in [0.15, 0.2) is 11.5 Å². The van der Waals surface area contributed by atoms with Crippen LogP contribution < -0.4 is 14.8 Å². The molecule has 1 aromatic rings. The lowest BCUT2D eigenvalue weighted by atomic mass is 10.0. The van der Waals surface area contributed by atoms with E-state index in [9.17, 15) is 9.90 Å². The zero-order valence-electron chi connectivity index (χ0n) is 11.8. The molecule has 1 atom stereocenters. The average Bonchev–Trinajstić information content (AvgIpc) is 2.85. The number of hydrogen-bond donors (Lipinski definition) is 2. The summed E-state index contributed by atoms with van der Waals surface area (Å²) in [7, 11) is 1.36. The highest BCUT2D eigenvalue weighted by Crippen LogP contribution is 2.37. The number of rotatable bonds is 5. The Kier molecular flexibility index (Phi) is 4.34. The molecule has 6 heteroatoms. The summed E-state index contributed by atoms with van der Waals surface area (Å²) < 4.78 is 15.2. The lowest BCUT2D eigenvalue weighted by Crippen LogP contribution is -2.41. The Morgan fingerprint density at radius 3 is 2.65 bits per heavy atom. The van der Waals surface area contributed by atoms with Gasteiger partial charge in [-0.2, -0.15) is 0 Å². The van der Waals surface area contributed by atoms with Gasteiger partial charge in [-0.25, -0.2) is 0 Å². The van der Waals surface area contributed by atoms with Crippen LogP contribution in [0.25, 0.3) is 0 Å². The minimum atomic E-state index is -0.426. The molecule has 0 saturated heterocycles. The van der Waals surface area contributed by atoms with E-state index in [0.29, 0.717) is 23.6 Å². The topological polar surface area (TPSA) is 77.0 Å². The maximum atomic E-state index is 11.7. The van der Waals surface area contributed by atoms with Crippen molar-refractivity contribution < 1.29 is 24.1 Å². The van der Waals surface area contributed by atoms with Crippen molar-refractivity contribution in [1.29, 1.82) is 0 Å². The first-order valence-electron chi connectivity index (χ1n) is 6.45. The standard InChI is InChI=1S/C14H19NO5/c1-8(2)13(14(17)18-3)15-6-9-4-11-12(5-10(9)16)20-7-19-11/h4-5,8,13,15-16H,6-7H2,1-3H3. The molecule has 0 fully saturated rings. The zero-order valence-corrected chi connectivity index (χ0v) is 11.8. The third kappa shape index (κ3) is 2.96. The molecule has 1 heterocycles. The van der Waals surface area contributed by atoms with Gasteiger partial charge in [0, 0.05) is 18.2 Å². The van der Waals surface area contributed by atoms with Crippen LogP contribution in [-0.4, -0.2) is 31.0 Å². The van der Waals surface area contributed by atoms with Crippen LogP contribution in [0.1, 0.15) is 19.4 Å². The largest absolute Gasteiger partial charge is 0.507 e. The number of fused-ring (bicyclic) bond motifs is 1. The van der Waals surface area contributed by atoms with Crippen LogP contribution in [0.5, 0.6) is 17.2 Å². The van der Waals surface area contributed by atoms with E-state index >= 15 is 0 Å². The van der Waals surface area contributed by atoms with Crippen LogP contribution in [0, 0.1) is 5.92 Å². The average molecular weight is 281 g/mol. The number of carbonyl (C=O) groups excluding carboxylic acids is 1. The van der Waals surface area contributed by atoms with Crippen molar-refractivity contribution in [3.63, 3.8) is 0 Å². The highest BCUT2D eigenvalue weighted by Gasteiger charge is 2.23. The van der Waals surface area contributed by atoms with Crippen molar-refractivity contribution in [3.05, 3.63) is 17.7 Å². The number of carbonyl (C=O) groups is 1. The summed E-state index contributed by atoms with van der Waals surface area (Å²) in [6.07, 6.45) is 0. The highest BCUT2D eigenvalue weighted by atomic mass is 16.7. The van der Waals surface area contributed by atoms with Crippen molar-refractivity contribution in [1.82, 2.24) is 5.32 Å². The molecule has 1 unspecified atom stereocenters. The summed E-state index contributed by atoms with van der Waals surface area (Å²) in [5.41, 5.74) is 0.642. The molecule has 2 rings (SSSR count). The minimum absolute atomic E-state index is 0.0820. The van der Waals surface area contributed by atoms with E-state index in [2.05, 4.69) is 5.32 Å². The number of aromatic hydroxyl groups is 1. The normalized spacial score (nSPS) is 14.4. The quantitative estimate of drug-likeness (QED) is 0.795. The van der Waals surface area contributed by atoms with E-state index in [1.165, 1.54) is 13.2 Å². The van der Waals surface area contributed by atoms with E-state index in [4.69, 9.17) is 14.2 Å². The van der Waals surface area contributed by atoms with Crippen molar-refractivity contribution in [2.75, 3.05) is 13.9 Å². The number of methoxy groups -OCH3 is 1. The second kappa shape index (κ2) is 6.00. The Balaban J connectivity index is 2.08. The van der Waals surface area contributed by atoms with Crippen LogP contribution >= 0.6 is 0 Å². The molecule has 6 nitrogen and oxygen atoms in total. The fourth-order valence-corrected chi connectivity index (χ4v) is 2.05. The maximum absolute atomic E-state index is 11.7. The molecule has 2 N–H and O–H groups in total. The van der Waals surface area contributed by atoms with E-state index in [-0.39, 0.29) is 24.4 Å². The molecule has 0 aliphatic carbocycles. The molecule has 20 heavy (non-hydrogen) atoms. The van der Waals surface area contributed by atoms with E-state index < -0.39 is 6.04 Å². The number of hydrogen-bond acceptors (Lipinski definition) is 6. The molecule has 0 amide bonds. The first kappa shape index (κ1) is 14.5. The summed E-state index contributed by atoms with van der Waals surface area (Å²) in [5, 5.41) is 13.0. The van der Waals surface area contributed by atoms with E-state index in [0.717, 1.165) is 0 Å². The molecule has 1 aromatic carbocycles. The van der Waals surface area contributed by atoms with Crippen LogP contribution in [0.3, 0.4) is 0 Å². The Morgan fingerprint density at radius 2 is 2.05 bits per heavy atom. The number of nitrogens with one attached hydrogen (secondary N) is 1. The summed E-state index contributed by atoms with van der Waals surface area (Å²) in [6.45, 7) is 4.34. The van der Waals surface area contributed by atoms with E-state index in [1.807, 2.05) is 13.8 Å². The van der Waals surface area contributed by atoms with Gasteiger partial charge in [0.05, 0.1) is 7.11 Å². The van der Waals surface area contributed by atoms with Crippen LogP contribution in [-0.2, 0) is 16.1 Å². The number of ether oxygens (including phenoxy) is 3. The number of phenols is 1. The molecule has 0 spiro atoms. The Morgan fingerprint density at radius 1 is 1.40 bits per heavy atom. The lowest BCUT2D eigenvalue weighted by molar-refractivity contribution is -0.144. The molecule has 0 saturated carbocycles. The van der Waals surface area contributed by atoms with Gasteiger partial charge in [0.25, 0.3) is 0 Å². The molecule has 1 aliphatic rings. The SMILES string of the molecule is COC(=O)C(NCc1cc2c(cc1O)OCO2)C(C)C. The highest BCUT2D eigenvalue weighted by molar-refractivity contribution is 5.75. The summed E-state index contributed by atoms with van der Waals surface area (Å²) in [6, 6.07) is 2.80. The summed E-state index contributed by atoms with van der Waals surface area (Å²) in [4.78, 5) is 11.7. The van der Waals surface area contributed by atoms with Crippen LogP contribution in [0.2, 0.25) is 0 Å². The van der Waals surface area contributed by atoms with Crippen molar-refractivity contribution >= 4 is 5.97 Å². The third-order valence-corrected chi connectivity index (χ3v) is 3.21. The first-order valence-corrected chi connectivity index (χ1v) is 6.45. The third-order valence-electron chi connectivity index (χ3n) is 3.21. The molecule has 0 radical (unpaired) electrons.